The molecule has 0 radical (unpaired) electrons. The van der Waals surface area contributed by atoms with Crippen LogP contribution in [0.5, 0.6) is 0 Å². The molecule has 2 amide bonds. The predicted molar refractivity (Wildman–Crippen MR) is 52.4 cm³/mol. The van der Waals surface area contributed by atoms with Crippen LogP contribution in [0.15, 0.2) is 0 Å². The summed E-state index contributed by atoms with van der Waals surface area (Å²) in [7, 11) is 0. The zero-order valence-electron chi connectivity index (χ0n) is 8.38. The van der Waals surface area contributed by atoms with Crippen LogP contribution in [0, 0.1) is 5.92 Å². The van der Waals surface area contributed by atoms with Crippen molar-refractivity contribution in [1.82, 2.24) is 10.6 Å². The van der Waals surface area contributed by atoms with Crippen molar-refractivity contribution in [2.75, 3.05) is 13.1 Å². The highest BCUT2D eigenvalue weighted by atomic mass is 16.2. The molecule has 1 saturated heterocycles. The summed E-state index contributed by atoms with van der Waals surface area (Å²) in [5.41, 5.74) is 5.51. The average Bonchev–Trinajstić information content (AvgIpc) is 2.15. The van der Waals surface area contributed by atoms with Gasteiger partial charge in [-0.25, -0.2) is 0 Å². The van der Waals surface area contributed by atoms with Gasteiger partial charge in [-0.3, -0.25) is 9.59 Å². The second kappa shape index (κ2) is 4.95. The molecule has 5 heteroatoms. The Morgan fingerprint density at radius 3 is 3.00 bits per heavy atom. The molecule has 0 aliphatic carbocycles. The van der Waals surface area contributed by atoms with Crippen molar-refractivity contribution in [3.05, 3.63) is 0 Å². The van der Waals surface area contributed by atoms with Gasteiger partial charge in [0, 0.05) is 25.6 Å². The molecule has 1 heterocycles. The van der Waals surface area contributed by atoms with Crippen molar-refractivity contribution in [2.24, 2.45) is 11.7 Å². The van der Waals surface area contributed by atoms with E-state index >= 15 is 0 Å². The highest BCUT2D eigenvalue weighted by molar-refractivity contribution is 5.83. The first kappa shape index (κ1) is 11.0. The minimum atomic E-state index is -0.0913. The third-order valence-electron chi connectivity index (χ3n) is 2.23. The van der Waals surface area contributed by atoms with Crippen LogP contribution < -0.4 is 16.4 Å². The molecule has 0 aromatic carbocycles. The van der Waals surface area contributed by atoms with Gasteiger partial charge in [-0.1, -0.05) is 0 Å². The van der Waals surface area contributed by atoms with Gasteiger partial charge >= 0.3 is 0 Å². The van der Waals surface area contributed by atoms with Crippen molar-refractivity contribution in [3.8, 4) is 0 Å². The Labute approximate surface area is 83.4 Å². The number of carbonyl (C=O) groups excluding carboxylic acids is 2. The summed E-state index contributed by atoms with van der Waals surface area (Å²) >= 11 is 0. The Morgan fingerprint density at radius 1 is 1.79 bits per heavy atom. The molecule has 1 aliphatic rings. The van der Waals surface area contributed by atoms with Crippen LogP contribution in [-0.2, 0) is 9.59 Å². The van der Waals surface area contributed by atoms with E-state index in [-0.39, 0.29) is 23.8 Å². The summed E-state index contributed by atoms with van der Waals surface area (Å²) in [4.78, 5) is 22.3. The van der Waals surface area contributed by atoms with Crippen molar-refractivity contribution < 1.29 is 9.59 Å². The standard InChI is InChI=1S/C9H17N3O2/c1-6(10)4-12-9(14)7-2-3-8(13)11-5-7/h6-7H,2-5,10H2,1H3,(H,11,13)(H,12,14). The van der Waals surface area contributed by atoms with E-state index in [1.165, 1.54) is 0 Å². The van der Waals surface area contributed by atoms with Crippen molar-refractivity contribution in [1.29, 1.82) is 0 Å². The second-order valence-corrected chi connectivity index (χ2v) is 3.76. The largest absolute Gasteiger partial charge is 0.355 e. The summed E-state index contributed by atoms with van der Waals surface area (Å²) in [5, 5.41) is 5.42. The summed E-state index contributed by atoms with van der Waals surface area (Å²) in [6, 6.07) is -0.0304. The fourth-order valence-electron chi connectivity index (χ4n) is 1.36. The smallest absolute Gasteiger partial charge is 0.224 e. The Kier molecular flexibility index (Phi) is 3.88. The highest BCUT2D eigenvalue weighted by Crippen LogP contribution is 2.10. The molecular weight excluding hydrogens is 182 g/mol. The molecule has 0 aromatic rings. The molecule has 1 rings (SSSR count). The average molecular weight is 199 g/mol. The van der Waals surface area contributed by atoms with Crippen LogP contribution in [-0.4, -0.2) is 30.9 Å². The number of rotatable bonds is 3. The van der Waals surface area contributed by atoms with E-state index in [9.17, 15) is 9.59 Å². The minimum absolute atomic E-state index is 0.0118. The molecule has 0 bridgehead atoms. The van der Waals surface area contributed by atoms with Crippen LogP contribution in [0.1, 0.15) is 19.8 Å². The fourth-order valence-corrected chi connectivity index (χ4v) is 1.36. The summed E-state index contributed by atoms with van der Waals surface area (Å²) in [6.07, 6.45) is 1.08. The number of nitrogens with two attached hydrogens (primary N) is 1. The summed E-state index contributed by atoms with van der Waals surface area (Å²) < 4.78 is 0. The van der Waals surface area contributed by atoms with Crippen molar-refractivity contribution in [3.63, 3.8) is 0 Å². The van der Waals surface area contributed by atoms with Gasteiger partial charge in [0.1, 0.15) is 0 Å². The van der Waals surface area contributed by atoms with Gasteiger partial charge in [-0.05, 0) is 13.3 Å². The Balaban J connectivity index is 2.27. The highest BCUT2D eigenvalue weighted by Gasteiger charge is 2.23. The predicted octanol–water partition coefficient (Wildman–Crippen LogP) is -1.02. The topological polar surface area (TPSA) is 84.2 Å². The van der Waals surface area contributed by atoms with E-state index in [2.05, 4.69) is 10.6 Å². The van der Waals surface area contributed by atoms with Crippen LogP contribution in [0.4, 0.5) is 0 Å². The van der Waals surface area contributed by atoms with Gasteiger partial charge < -0.3 is 16.4 Å². The van der Waals surface area contributed by atoms with E-state index in [1.54, 1.807) is 0 Å². The Bertz CT molecular complexity index is 218. The van der Waals surface area contributed by atoms with Gasteiger partial charge in [0.2, 0.25) is 11.8 Å². The molecule has 14 heavy (non-hydrogen) atoms. The molecule has 0 aromatic heterocycles. The second-order valence-electron chi connectivity index (χ2n) is 3.76. The SMILES string of the molecule is CC(N)CNC(=O)C1CCC(=O)NC1. The molecule has 2 unspecified atom stereocenters. The molecule has 0 saturated carbocycles. The lowest BCUT2D eigenvalue weighted by molar-refractivity contribution is -0.128. The summed E-state index contributed by atoms with van der Waals surface area (Å²) in [5.74, 6) is -0.0741. The molecule has 4 N–H and O–H groups in total. The van der Waals surface area contributed by atoms with Gasteiger partial charge in [0.05, 0.1) is 5.92 Å². The minimum Gasteiger partial charge on any atom is -0.355 e. The van der Waals surface area contributed by atoms with Gasteiger partial charge in [0.25, 0.3) is 0 Å². The van der Waals surface area contributed by atoms with E-state index in [1.807, 2.05) is 6.92 Å². The maximum atomic E-state index is 11.5. The third-order valence-corrected chi connectivity index (χ3v) is 2.23. The first-order chi connectivity index (χ1) is 6.59. The maximum Gasteiger partial charge on any atom is 0.224 e. The number of hydrogen-bond donors (Lipinski definition) is 3. The van der Waals surface area contributed by atoms with Crippen LogP contribution in [0.3, 0.4) is 0 Å². The van der Waals surface area contributed by atoms with Crippen molar-refractivity contribution in [2.45, 2.75) is 25.8 Å². The van der Waals surface area contributed by atoms with E-state index in [0.29, 0.717) is 25.9 Å². The molecule has 1 fully saturated rings. The molecule has 80 valence electrons. The molecule has 5 nitrogen and oxygen atoms in total. The molecule has 0 spiro atoms. The fraction of sp³-hybridized carbons (Fsp3) is 0.778. The Morgan fingerprint density at radius 2 is 2.50 bits per heavy atom. The van der Waals surface area contributed by atoms with Gasteiger partial charge in [0.15, 0.2) is 0 Å². The van der Waals surface area contributed by atoms with Crippen LogP contribution in [0.2, 0.25) is 0 Å². The number of hydrogen-bond acceptors (Lipinski definition) is 3. The van der Waals surface area contributed by atoms with E-state index < -0.39 is 0 Å². The normalized spacial score (nSPS) is 23.9. The van der Waals surface area contributed by atoms with Gasteiger partial charge in [-0.15, -0.1) is 0 Å². The van der Waals surface area contributed by atoms with Crippen molar-refractivity contribution >= 4 is 11.8 Å². The number of nitrogens with one attached hydrogen (secondary N) is 2. The zero-order valence-corrected chi connectivity index (χ0v) is 8.38. The number of amides is 2. The van der Waals surface area contributed by atoms with E-state index in [4.69, 9.17) is 5.73 Å². The number of carbonyl (C=O) groups is 2. The first-order valence-electron chi connectivity index (χ1n) is 4.89. The quantitative estimate of drug-likeness (QED) is 0.543. The molecule has 2 atom stereocenters. The Hall–Kier alpha value is -1.10. The van der Waals surface area contributed by atoms with E-state index in [0.717, 1.165) is 0 Å². The zero-order chi connectivity index (χ0) is 10.6. The molecule has 1 aliphatic heterocycles. The van der Waals surface area contributed by atoms with Crippen LogP contribution >= 0.6 is 0 Å². The lowest BCUT2D eigenvalue weighted by atomic mass is 9.98. The third kappa shape index (κ3) is 3.33. The van der Waals surface area contributed by atoms with Crippen LogP contribution in [0.25, 0.3) is 0 Å². The van der Waals surface area contributed by atoms with Gasteiger partial charge in [-0.2, -0.15) is 0 Å². The maximum absolute atomic E-state index is 11.5. The lowest BCUT2D eigenvalue weighted by Gasteiger charge is -2.21. The monoisotopic (exact) mass is 199 g/mol. The first-order valence-corrected chi connectivity index (χ1v) is 4.89. The lowest BCUT2D eigenvalue weighted by Crippen LogP contribution is -2.45. The summed E-state index contributed by atoms with van der Waals surface area (Å²) in [6.45, 7) is 2.77. The molecular formula is C9H17N3O2. The number of piperidine rings is 1.